The van der Waals surface area contributed by atoms with Crippen molar-refractivity contribution >= 4 is 29.4 Å². The van der Waals surface area contributed by atoms with Crippen molar-refractivity contribution in [1.82, 2.24) is 5.32 Å². The largest absolute Gasteiger partial charge is 0.456 e. The second-order valence-electron chi connectivity index (χ2n) is 4.91. The molecule has 0 saturated carbocycles. The highest BCUT2D eigenvalue weighted by molar-refractivity contribution is 6.30. The highest BCUT2D eigenvalue weighted by Crippen LogP contribution is 2.12. The zero-order chi connectivity index (χ0) is 16.7. The molecular formula is C15H19ClN2O4. The molecule has 7 heteroatoms. The van der Waals surface area contributed by atoms with Crippen LogP contribution in [0.15, 0.2) is 24.3 Å². The number of ether oxygens (including phenoxy) is 1. The molecule has 3 N–H and O–H groups in total. The summed E-state index contributed by atoms with van der Waals surface area (Å²) in [5, 5.41) is 2.85. The fourth-order valence-corrected chi connectivity index (χ4v) is 1.89. The lowest BCUT2D eigenvalue weighted by atomic mass is 9.99. The lowest BCUT2D eigenvalue weighted by molar-refractivity contribution is -0.146. The molecule has 0 heterocycles. The van der Waals surface area contributed by atoms with Crippen LogP contribution >= 0.6 is 11.6 Å². The second kappa shape index (κ2) is 8.38. The van der Waals surface area contributed by atoms with Crippen LogP contribution in [-0.4, -0.2) is 30.4 Å². The van der Waals surface area contributed by atoms with Crippen LogP contribution in [0.1, 0.15) is 30.6 Å². The number of primary amides is 1. The predicted octanol–water partition coefficient (Wildman–Crippen LogP) is 2.15. The van der Waals surface area contributed by atoms with Crippen molar-refractivity contribution in [2.45, 2.75) is 26.3 Å². The number of amides is 2. The number of urea groups is 1. The smallest absolute Gasteiger partial charge is 0.329 e. The zero-order valence-electron chi connectivity index (χ0n) is 12.5. The van der Waals surface area contributed by atoms with Gasteiger partial charge in [0.1, 0.15) is 6.04 Å². The van der Waals surface area contributed by atoms with Gasteiger partial charge in [-0.25, -0.2) is 9.59 Å². The van der Waals surface area contributed by atoms with Crippen LogP contribution in [0.25, 0.3) is 0 Å². The molecular weight excluding hydrogens is 308 g/mol. The maximum atomic E-state index is 12.0. The third kappa shape index (κ3) is 5.37. The minimum atomic E-state index is -0.875. The Morgan fingerprint density at radius 2 is 1.86 bits per heavy atom. The van der Waals surface area contributed by atoms with Crippen LogP contribution in [0.5, 0.6) is 0 Å². The fraction of sp³-hybridized carbons (Fsp3) is 0.400. The molecule has 1 aromatic rings. The number of carbonyl (C=O) groups excluding carboxylic acids is 3. The van der Waals surface area contributed by atoms with Crippen LogP contribution < -0.4 is 11.1 Å². The van der Waals surface area contributed by atoms with E-state index in [0.717, 1.165) is 0 Å². The maximum Gasteiger partial charge on any atom is 0.329 e. The number of esters is 1. The van der Waals surface area contributed by atoms with E-state index in [2.05, 4.69) is 5.32 Å². The molecule has 2 amide bonds. The molecule has 2 atom stereocenters. The number of hydrogen-bond acceptors (Lipinski definition) is 4. The Morgan fingerprint density at radius 3 is 2.36 bits per heavy atom. The van der Waals surface area contributed by atoms with Gasteiger partial charge in [0.15, 0.2) is 12.4 Å². The monoisotopic (exact) mass is 326 g/mol. The summed E-state index contributed by atoms with van der Waals surface area (Å²) >= 11 is 5.74. The Hall–Kier alpha value is -2.08. The maximum absolute atomic E-state index is 12.0. The van der Waals surface area contributed by atoms with E-state index in [1.54, 1.807) is 31.2 Å². The second-order valence-corrected chi connectivity index (χ2v) is 5.35. The Kier molecular flexibility index (Phi) is 6.85. The van der Waals surface area contributed by atoms with Crippen molar-refractivity contribution in [2.24, 2.45) is 11.7 Å². The number of nitrogens with one attached hydrogen (secondary N) is 1. The first-order valence-corrected chi connectivity index (χ1v) is 7.24. The molecule has 1 aromatic carbocycles. The van der Waals surface area contributed by atoms with Gasteiger partial charge >= 0.3 is 12.0 Å². The van der Waals surface area contributed by atoms with Crippen molar-refractivity contribution in [3.63, 3.8) is 0 Å². The van der Waals surface area contributed by atoms with E-state index in [0.29, 0.717) is 17.0 Å². The summed E-state index contributed by atoms with van der Waals surface area (Å²) in [6.45, 7) is 3.24. The van der Waals surface area contributed by atoms with Crippen LogP contribution in [-0.2, 0) is 9.53 Å². The average molecular weight is 327 g/mol. The van der Waals surface area contributed by atoms with Gasteiger partial charge in [0.25, 0.3) is 0 Å². The molecule has 0 saturated heterocycles. The van der Waals surface area contributed by atoms with Gasteiger partial charge in [0.05, 0.1) is 0 Å². The van der Waals surface area contributed by atoms with Crippen LogP contribution in [0.4, 0.5) is 4.79 Å². The molecule has 120 valence electrons. The SMILES string of the molecule is CC[C@H](C)[C@@H](NC(N)=O)C(=O)OCC(=O)c1ccc(Cl)cc1. The molecule has 0 aliphatic heterocycles. The number of benzene rings is 1. The van der Waals surface area contributed by atoms with Crippen LogP contribution in [0.2, 0.25) is 5.02 Å². The lowest BCUT2D eigenvalue weighted by Gasteiger charge is -2.21. The Bertz CT molecular complexity index is 545. The van der Waals surface area contributed by atoms with Gasteiger partial charge in [-0.15, -0.1) is 0 Å². The van der Waals surface area contributed by atoms with Crippen molar-refractivity contribution < 1.29 is 19.1 Å². The molecule has 0 unspecified atom stereocenters. The third-order valence-corrected chi connectivity index (χ3v) is 3.53. The Morgan fingerprint density at radius 1 is 1.27 bits per heavy atom. The summed E-state index contributed by atoms with van der Waals surface area (Å²) in [6.07, 6.45) is 0.644. The van der Waals surface area contributed by atoms with Gasteiger partial charge in [-0.1, -0.05) is 31.9 Å². The minimum Gasteiger partial charge on any atom is -0.456 e. The Balaban J connectivity index is 2.63. The highest BCUT2D eigenvalue weighted by Gasteiger charge is 2.27. The predicted molar refractivity (Wildman–Crippen MR) is 82.7 cm³/mol. The third-order valence-electron chi connectivity index (χ3n) is 3.28. The molecule has 0 aliphatic carbocycles. The summed E-state index contributed by atoms with van der Waals surface area (Å²) in [5.41, 5.74) is 5.44. The van der Waals surface area contributed by atoms with Gasteiger partial charge in [0.2, 0.25) is 0 Å². The van der Waals surface area contributed by atoms with Gasteiger partial charge < -0.3 is 15.8 Å². The number of hydrogen-bond donors (Lipinski definition) is 2. The average Bonchev–Trinajstić information content (AvgIpc) is 2.49. The molecule has 0 aromatic heterocycles. The number of halogens is 1. The van der Waals surface area contributed by atoms with E-state index in [9.17, 15) is 14.4 Å². The standard InChI is InChI=1S/C15H19ClN2O4/c1-3-9(2)13(18-15(17)21)14(20)22-8-12(19)10-4-6-11(16)7-5-10/h4-7,9,13H,3,8H2,1-2H3,(H3,17,18,21)/t9-,13+/m0/s1. The summed E-state index contributed by atoms with van der Waals surface area (Å²) in [5.74, 6) is -1.20. The Labute approximate surface area is 134 Å². The molecule has 0 fully saturated rings. The highest BCUT2D eigenvalue weighted by atomic mass is 35.5. The molecule has 0 spiro atoms. The van der Waals surface area contributed by atoms with E-state index < -0.39 is 24.6 Å². The van der Waals surface area contributed by atoms with Crippen LogP contribution in [0.3, 0.4) is 0 Å². The molecule has 0 aliphatic rings. The topological polar surface area (TPSA) is 98.5 Å². The van der Waals surface area contributed by atoms with E-state index in [1.807, 2.05) is 6.92 Å². The number of Topliss-reactive ketones (excluding diaryl/α,β-unsaturated/α-hetero) is 1. The first kappa shape index (κ1) is 18.0. The van der Waals surface area contributed by atoms with E-state index in [-0.39, 0.29) is 11.7 Å². The summed E-state index contributed by atoms with van der Waals surface area (Å²) in [4.78, 5) is 34.9. The van der Waals surface area contributed by atoms with Crippen molar-refractivity contribution in [3.05, 3.63) is 34.9 Å². The number of carbonyl (C=O) groups is 3. The van der Waals surface area contributed by atoms with Crippen molar-refractivity contribution in [3.8, 4) is 0 Å². The number of rotatable bonds is 7. The minimum absolute atomic E-state index is 0.161. The summed E-state index contributed by atoms with van der Waals surface area (Å²) < 4.78 is 4.98. The van der Waals surface area contributed by atoms with E-state index >= 15 is 0 Å². The quantitative estimate of drug-likeness (QED) is 0.592. The number of nitrogens with two attached hydrogens (primary N) is 1. The fourth-order valence-electron chi connectivity index (χ4n) is 1.77. The molecule has 0 bridgehead atoms. The lowest BCUT2D eigenvalue weighted by Crippen LogP contribution is -2.48. The summed E-state index contributed by atoms with van der Waals surface area (Å²) in [7, 11) is 0. The van der Waals surface area contributed by atoms with Crippen molar-refractivity contribution in [2.75, 3.05) is 6.61 Å². The van der Waals surface area contributed by atoms with Gasteiger partial charge in [-0.05, 0) is 30.2 Å². The molecule has 1 rings (SSSR count). The normalized spacial score (nSPS) is 13.0. The van der Waals surface area contributed by atoms with Gasteiger partial charge in [-0.3, -0.25) is 4.79 Å². The van der Waals surface area contributed by atoms with Crippen LogP contribution in [0, 0.1) is 5.92 Å². The zero-order valence-corrected chi connectivity index (χ0v) is 13.2. The van der Waals surface area contributed by atoms with Crippen molar-refractivity contribution in [1.29, 1.82) is 0 Å². The van der Waals surface area contributed by atoms with Gasteiger partial charge in [0, 0.05) is 10.6 Å². The first-order chi connectivity index (χ1) is 10.3. The van der Waals surface area contributed by atoms with E-state index in [1.165, 1.54) is 0 Å². The summed E-state index contributed by atoms with van der Waals surface area (Å²) in [6, 6.07) is 4.56. The molecule has 6 nitrogen and oxygen atoms in total. The first-order valence-electron chi connectivity index (χ1n) is 6.86. The van der Waals surface area contributed by atoms with Gasteiger partial charge in [-0.2, -0.15) is 0 Å². The van der Waals surface area contributed by atoms with E-state index in [4.69, 9.17) is 22.1 Å². The molecule has 0 radical (unpaired) electrons. The number of ketones is 1. The molecule has 22 heavy (non-hydrogen) atoms.